The van der Waals surface area contributed by atoms with Gasteiger partial charge >= 0.3 is 5.69 Å². The minimum Gasteiger partial charge on any atom is -0.457 e. The third-order valence-corrected chi connectivity index (χ3v) is 2.20. The fourth-order valence-electron chi connectivity index (χ4n) is 1.37. The molecule has 7 heteroatoms. The maximum atomic E-state index is 13.4. The van der Waals surface area contributed by atoms with Gasteiger partial charge in [-0.2, -0.15) is 9.65 Å². The lowest BCUT2D eigenvalue weighted by Gasteiger charge is -2.05. The first kappa shape index (κ1) is 12.4. The van der Waals surface area contributed by atoms with Crippen molar-refractivity contribution < 1.29 is 14.1 Å². The van der Waals surface area contributed by atoms with Crippen LogP contribution in [0.25, 0.3) is 0 Å². The molecule has 0 aliphatic heterocycles. The van der Waals surface area contributed by atoms with E-state index in [1.807, 2.05) is 6.07 Å². The van der Waals surface area contributed by atoms with E-state index < -0.39 is 16.4 Å². The van der Waals surface area contributed by atoms with E-state index in [0.29, 0.717) is 5.75 Å². The van der Waals surface area contributed by atoms with Crippen molar-refractivity contribution in [1.29, 1.82) is 5.26 Å². The van der Waals surface area contributed by atoms with E-state index in [1.54, 1.807) is 0 Å². The minimum absolute atomic E-state index is 0.0955. The first-order valence-corrected chi connectivity index (χ1v) is 5.08. The normalized spacial score (nSPS) is 9.68. The molecule has 0 radical (unpaired) electrons. The predicted molar refractivity (Wildman–Crippen MR) is 62.1 cm³/mol. The predicted octanol–water partition coefficient (Wildman–Crippen LogP) is 2.79. The molecule has 0 bridgehead atoms. The number of hydrogen-bond acceptors (Lipinski definition) is 5. The summed E-state index contributed by atoms with van der Waals surface area (Å²) in [5.41, 5.74) is -0.473. The lowest BCUT2D eigenvalue weighted by atomic mass is 10.3. The van der Waals surface area contributed by atoms with Gasteiger partial charge in [0.05, 0.1) is 4.92 Å². The Labute approximate surface area is 106 Å². The Hall–Kier alpha value is -3.01. The second-order valence-corrected chi connectivity index (χ2v) is 3.46. The SMILES string of the molecule is N#Cc1cc(Oc2ccc([N+](=O)[O-])c(F)c2)ccn1. The fraction of sp³-hybridized carbons (Fsp3) is 0. The molecule has 0 saturated carbocycles. The maximum Gasteiger partial charge on any atom is 0.305 e. The molecule has 0 amide bonds. The number of benzene rings is 1. The van der Waals surface area contributed by atoms with Gasteiger partial charge in [-0.05, 0) is 12.1 Å². The molecule has 0 saturated heterocycles. The number of nitro benzene ring substituents is 1. The summed E-state index contributed by atoms with van der Waals surface area (Å²) in [6, 6.07) is 7.88. The summed E-state index contributed by atoms with van der Waals surface area (Å²) in [5, 5.41) is 19.1. The van der Waals surface area contributed by atoms with Gasteiger partial charge in [0.25, 0.3) is 0 Å². The van der Waals surface area contributed by atoms with Crippen molar-refractivity contribution in [3.8, 4) is 17.6 Å². The zero-order valence-electron chi connectivity index (χ0n) is 9.41. The van der Waals surface area contributed by atoms with Crippen molar-refractivity contribution in [3.05, 3.63) is 58.2 Å². The zero-order chi connectivity index (χ0) is 13.8. The molecule has 2 aromatic rings. The first-order chi connectivity index (χ1) is 9.10. The Morgan fingerprint density at radius 2 is 2.05 bits per heavy atom. The van der Waals surface area contributed by atoms with Gasteiger partial charge in [0.15, 0.2) is 0 Å². The lowest BCUT2D eigenvalue weighted by Crippen LogP contribution is -1.93. The quantitative estimate of drug-likeness (QED) is 0.624. The van der Waals surface area contributed by atoms with Gasteiger partial charge in [-0.25, -0.2) is 4.98 Å². The smallest absolute Gasteiger partial charge is 0.305 e. The van der Waals surface area contributed by atoms with E-state index in [4.69, 9.17) is 10.00 Å². The van der Waals surface area contributed by atoms with Crippen LogP contribution in [0.5, 0.6) is 11.5 Å². The fourth-order valence-corrected chi connectivity index (χ4v) is 1.37. The van der Waals surface area contributed by atoms with E-state index in [2.05, 4.69) is 4.98 Å². The van der Waals surface area contributed by atoms with Gasteiger partial charge in [-0.15, -0.1) is 0 Å². The topological polar surface area (TPSA) is 89.0 Å². The molecule has 0 spiro atoms. The minimum atomic E-state index is -0.989. The third-order valence-electron chi connectivity index (χ3n) is 2.20. The van der Waals surface area contributed by atoms with Crippen molar-refractivity contribution in [3.63, 3.8) is 0 Å². The van der Waals surface area contributed by atoms with Crippen molar-refractivity contribution in [2.24, 2.45) is 0 Å². The van der Waals surface area contributed by atoms with Crippen LogP contribution in [0.1, 0.15) is 5.69 Å². The van der Waals surface area contributed by atoms with E-state index in [-0.39, 0.29) is 11.4 Å². The highest BCUT2D eigenvalue weighted by molar-refractivity contribution is 5.40. The number of nitro groups is 1. The van der Waals surface area contributed by atoms with Crippen LogP contribution in [0, 0.1) is 27.3 Å². The van der Waals surface area contributed by atoms with Gasteiger partial charge in [-0.1, -0.05) is 0 Å². The van der Waals surface area contributed by atoms with Crippen molar-refractivity contribution >= 4 is 5.69 Å². The van der Waals surface area contributed by atoms with E-state index in [9.17, 15) is 14.5 Å². The molecular formula is C12H6FN3O3. The van der Waals surface area contributed by atoms with E-state index >= 15 is 0 Å². The Morgan fingerprint density at radius 1 is 1.32 bits per heavy atom. The Bertz CT molecular complexity index is 682. The third kappa shape index (κ3) is 2.81. The number of halogens is 1. The number of hydrogen-bond donors (Lipinski definition) is 0. The second-order valence-electron chi connectivity index (χ2n) is 3.46. The molecule has 0 fully saturated rings. The Morgan fingerprint density at radius 3 is 2.68 bits per heavy atom. The molecule has 0 unspecified atom stereocenters. The Balaban J connectivity index is 2.26. The van der Waals surface area contributed by atoms with Crippen LogP contribution < -0.4 is 4.74 Å². The van der Waals surface area contributed by atoms with Gasteiger partial charge in [-0.3, -0.25) is 10.1 Å². The molecule has 1 aromatic heterocycles. The highest BCUT2D eigenvalue weighted by Gasteiger charge is 2.14. The second kappa shape index (κ2) is 5.10. The standard InChI is InChI=1S/C12H6FN3O3/c13-11-6-9(1-2-12(11)16(17)18)19-10-3-4-15-8(5-10)7-14/h1-6H. The molecule has 19 heavy (non-hydrogen) atoms. The van der Waals surface area contributed by atoms with Crippen LogP contribution in [0.2, 0.25) is 0 Å². The van der Waals surface area contributed by atoms with Crippen molar-refractivity contribution in [2.45, 2.75) is 0 Å². The summed E-state index contributed by atoms with van der Waals surface area (Å²) in [7, 11) is 0. The summed E-state index contributed by atoms with van der Waals surface area (Å²) in [6.07, 6.45) is 1.37. The summed E-state index contributed by atoms with van der Waals surface area (Å²) in [4.78, 5) is 13.4. The summed E-state index contributed by atoms with van der Waals surface area (Å²) < 4.78 is 18.6. The van der Waals surface area contributed by atoms with Crippen LogP contribution in [0.3, 0.4) is 0 Å². The zero-order valence-corrected chi connectivity index (χ0v) is 9.41. The monoisotopic (exact) mass is 259 g/mol. The van der Waals surface area contributed by atoms with E-state index in [1.165, 1.54) is 24.4 Å². The van der Waals surface area contributed by atoms with Crippen LogP contribution >= 0.6 is 0 Å². The molecule has 0 aliphatic rings. The average Bonchev–Trinajstić information content (AvgIpc) is 2.38. The number of ether oxygens (including phenoxy) is 1. The molecule has 0 atom stereocenters. The molecule has 1 aromatic carbocycles. The van der Waals surface area contributed by atoms with Gasteiger partial charge in [0, 0.05) is 24.4 Å². The van der Waals surface area contributed by atoms with Crippen molar-refractivity contribution in [1.82, 2.24) is 4.98 Å². The lowest BCUT2D eigenvalue weighted by molar-refractivity contribution is -0.387. The van der Waals surface area contributed by atoms with Crippen LogP contribution in [-0.2, 0) is 0 Å². The number of pyridine rings is 1. The highest BCUT2D eigenvalue weighted by atomic mass is 19.1. The first-order valence-electron chi connectivity index (χ1n) is 5.08. The summed E-state index contributed by atoms with van der Waals surface area (Å²) in [5.74, 6) is -0.602. The number of aromatic nitrogens is 1. The van der Waals surface area contributed by atoms with Crippen molar-refractivity contribution in [2.75, 3.05) is 0 Å². The molecule has 94 valence electrons. The molecule has 2 rings (SSSR count). The molecule has 1 heterocycles. The summed E-state index contributed by atoms with van der Waals surface area (Å²) >= 11 is 0. The Kier molecular flexibility index (Phi) is 3.34. The molecule has 0 aliphatic carbocycles. The number of nitrogens with zero attached hydrogens (tertiary/aromatic N) is 3. The highest BCUT2D eigenvalue weighted by Crippen LogP contribution is 2.26. The summed E-state index contributed by atoms with van der Waals surface area (Å²) in [6.45, 7) is 0. The van der Waals surface area contributed by atoms with Gasteiger partial charge in [0.2, 0.25) is 5.82 Å². The van der Waals surface area contributed by atoms with Gasteiger partial charge < -0.3 is 4.74 Å². The number of rotatable bonds is 3. The van der Waals surface area contributed by atoms with Crippen LogP contribution in [-0.4, -0.2) is 9.91 Å². The number of nitriles is 1. The van der Waals surface area contributed by atoms with Crippen LogP contribution in [0.4, 0.5) is 10.1 Å². The molecule has 6 nitrogen and oxygen atoms in total. The van der Waals surface area contributed by atoms with Crippen LogP contribution in [0.15, 0.2) is 36.5 Å². The molecular weight excluding hydrogens is 253 g/mol. The van der Waals surface area contributed by atoms with E-state index in [0.717, 1.165) is 12.1 Å². The molecule has 0 N–H and O–H groups in total. The largest absolute Gasteiger partial charge is 0.457 e. The average molecular weight is 259 g/mol. The maximum absolute atomic E-state index is 13.4. The van der Waals surface area contributed by atoms with Gasteiger partial charge in [0.1, 0.15) is 23.3 Å².